The Labute approximate surface area is 162 Å². The zero-order valence-corrected chi connectivity index (χ0v) is 15.7. The highest BCUT2D eigenvalue weighted by atomic mass is 32.2. The summed E-state index contributed by atoms with van der Waals surface area (Å²) < 4.78 is 31.7. The van der Waals surface area contributed by atoms with Gasteiger partial charge in [-0.05, 0) is 24.3 Å². The van der Waals surface area contributed by atoms with Gasteiger partial charge in [0.25, 0.3) is 5.69 Å². The molecular weight excluding hydrogens is 386 g/mol. The van der Waals surface area contributed by atoms with Crippen LogP contribution in [0.5, 0.6) is 0 Å². The number of sulfonamides is 1. The van der Waals surface area contributed by atoms with Gasteiger partial charge in [-0.15, -0.1) is 0 Å². The molecule has 0 spiro atoms. The van der Waals surface area contributed by atoms with E-state index in [1.54, 1.807) is 6.07 Å². The van der Waals surface area contributed by atoms with E-state index in [1.165, 1.54) is 46.8 Å². The maximum Gasteiger partial charge on any atom is 0.273 e. The second kappa shape index (κ2) is 8.46. The van der Waals surface area contributed by atoms with Gasteiger partial charge >= 0.3 is 0 Å². The van der Waals surface area contributed by atoms with Crippen LogP contribution < -0.4 is 5.32 Å². The van der Waals surface area contributed by atoms with E-state index in [4.69, 9.17) is 4.74 Å². The molecule has 1 fully saturated rings. The first-order chi connectivity index (χ1) is 13.4. The highest BCUT2D eigenvalue weighted by Gasteiger charge is 2.26. The van der Waals surface area contributed by atoms with E-state index >= 15 is 0 Å². The third-order valence-corrected chi connectivity index (χ3v) is 6.20. The number of nitro groups is 1. The van der Waals surface area contributed by atoms with E-state index < -0.39 is 20.9 Å². The fraction of sp³-hybridized carbons (Fsp3) is 0.278. The molecule has 1 aliphatic rings. The summed E-state index contributed by atoms with van der Waals surface area (Å²) >= 11 is 0. The lowest BCUT2D eigenvalue weighted by molar-refractivity contribution is -0.385. The van der Waals surface area contributed by atoms with E-state index in [0.29, 0.717) is 37.6 Å². The zero-order valence-electron chi connectivity index (χ0n) is 14.9. The van der Waals surface area contributed by atoms with Crippen molar-refractivity contribution in [1.82, 2.24) is 4.31 Å². The van der Waals surface area contributed by atoms with Crippen LogP contribution in [0.4, 0.5) is 11.4 Å². The molecule has 9 nitrogen and oxygen atoms in total. The fourth-order valence-corrected chi connectivity index (χ4v) is 4.27. The Morgan fingerprint density at radius 1 is 1.11 bits per heavy atom. The Balaban J connectivity index is 1.67. The SMILES string of the molecule is O=C(Cc1ccccc1[N+](=O)[O-])Nc1ccc(S(=O)(=O)N2CCOCC2)cc1. The minimum Gasteiger partial charge on any atom is -0.379 e. The Morgan fingerprint density at radius 3 is 2.39 bits per heavy atom. The van der Waals surface area contributed by atoms with Crippen LogP contribution in [0.25, 0.3) is 0 Å². The van der Waals surface area contributed by atoms with E-state index in [9.17, 15) is 23.3 Å². The molecule has 0 saturated carbocycles. The van der Waals surface area contributed by atoms with Gasteiger partial charge in [-0.3, -0.25) is 14.9 Å². The number of ether oxygens (including phenoxy) is 1. The monoisotopic (exact) mass is 405 g/mol. The predicted octanol–water partition coefficient (Wildman–Crippen LogP) is 1.80. The third kappa shape index (κ3) is 4.53. The van der Waals surface area contributed by atoms with Crippen molar-refractivity contribution in [2.24, 2.45) is 0 Å². The van der Waals surface area contributed by atoms with Gasteiger partial charge in [0.05, 0.1) is 29.5 Å². The molecule has 2 aromatic rings. The third-order valence-electron chi connectivity index (χ3n) is 4.29. The van der Waals surface area contributed by atoms with Crippen molar-refractivity contribution < 1.29 is 22.9 Å². The number of rotatable bonds is 6. The molecule has 0 aliphatic carbocycles. The first kappa shape index (κ1) is 19.9. The smallest absolute Gasteiger partial charge is 0.273 e. The van der Waals surface area contributed by atoms with Crippen LogP contribution in [0.3, 0.4) is 0 Å². The van der Waals surface area contributed by atoms with Crippen LogP contribution >= 0.6 is 0 Å². The molecular formula is C18H19N3O6S. The van der Waals surface area contributed by atoms with E-state index in [1.807, 2.05) is 0 Å². The number of amides is 1. The highest BCUT2D eigenvalue weighted by molar-refractivity contribution is 7.89. The van der Waals surface area contributed by atoms with Crippen LogP contribution in [-0.4, -0.2) is 49.9 Å². The van der Waals surface area contributed by atoms with Gasteiger partial charge in [0.15, 0.2) is 0 Å². The fourth-order valence-electron chi connectivity index (χ4n) is 2.86. The molecule has 0 bridgehead atoms. The first-order valence-electron chi connectivity index (χ1n) is 8.58. The van der Waals surface area contributed by atoms with Crippen molar-refractivity contribution >= 4 is 27.3 Å². The largest absolute Gasteiger partial charge is 0.379 e. The molecule has 28 heavy (non-hydrogen) atoms. The molecule has 0 atom stereocenters. The standard InChI is InChI=1S/C18H19N3O6S/c22-18(13-14-3-1-2-4-17(14)21(23)24)19-15-5-7-16(8-6-15)28(25,26)20-9-11-27-12-10-20/h1-8H,9-13H2,(H,19,22). The van der Waals surface area contributed by atoms with Crippen molar-refractivity contribution in [3.63, 3.8) is 0 Å². The summed E-state index contributed by atoms with van der Waals surface area (Å²) in [5.74, 6) is -0.432. The second-order valence-corrected chi connectivity index (χ2v) is 8.09. The Morgan fingerprint density at radius 2 is 1.75 bits per heavy atom. The van der Waals surface area contributed by atoms with Gasteiger partial charge in [0.1, 0.15) is 0 Å². The van der Waals surface area contributed by atoms with Crippen LogP contribution in [0, 0.1) is 10.1 Å². The van der Waals surface area contributed by atoms with Crippen LogP contribution in [0.2, 0.25) is 0 Å². The van der Waals surface area contributed by atoms with Gasteiger partial charge in [0, 0.05) is 30.4 Å². The van der Waals surface area contributed by atoms with E-state index in [-0.39, 0.29) is 17.0 Å². The Kier molecular flexibility index (Phi) is 6.02. The van der Waals surface area contributed by atoms with Crippen molar-refractivity contribution in [3.8, 4) is 0 Å². The number of benzene rings is 2. The lowest BCUT2D eigenvalue weighted by atomic mass is 10.1. The number of para-hydroxylation sites is 1. The van der Waals surface area contributed by atoms with Crippen LogP contribution in [0.1, 0.15) is 5.56 Å². The number of nitrogens with zero attached hydrogens (tertiary/aromatic N) is 2. The molecule has 10 heteroatoms. The number of carbonyl (C=O) groups excluding carboxylic acids is 1. The highest BCUT2D eigenvalue weighted by Crippen LogP contribution is 2.21. The van der Waals surface area contributed by atoms with Crippen molar-refractivity contribution in [1.29, 1.82) is 0 Å². The van der Waals surface area contributed by atoms with Gasteiger partial charge < -0.3 is 10.1 Å². The van der Waals surface area contributed by atoms with Gasteiger partial charge in [-0.1, -0.05) is 18.2 Å². The Hall–Kier alpha value is -2.82. The molecule has 1 N–H and O–H groups in total. The van der Waals surface area contributed by atoms with Crippen LogP contribution in [0.15, 0.2) is 53.4 Å². The number of hydrogen-bond acceptors (Lipinski definition) is 6. The first-order valence-corrected chi connectivity index (χ1v) is 10.0. The summed E-state index contributed by atoms with van der Waals surface area (Å²) in [6.45, 7) is 1.32. The number of nitro benzene ring substituents is 1. The second-order valence-electron chi connectivity index (χ2n) is 6.15. The normalized spacial score (nSPS) is 15.1. The number of morpholine rings is 1. The zero-order chi connectivity index (χ0) is 20.1. The summed E-state index contributed by atoms with van der Waals surface area (Å²) in [5.41, 5.74) is 0.589. The van der Waals surface area contributed by atoms with Crippen molar-refractivity contribution in [3.05, 3.63) is 64.2 Å². The van der Waals surface area contributed by atoms with Gasteiger partial charge in [-0.2, -0.15) is 4.31 Å². The molecule has 1 aliphatic heterocycles. The maximum atomic E-state index is 12.6. The van der Waals surface area contributed by atoms with Crippen LogP contribution in [-0.2, 0) is 26.0 Å². The quantitative estimate of drug-likeness (QED) is 0.578. The number of carbonyl (C=O) groups is 1. The number of anilines is 1. The summed E-state index contributed by atoms with van der Waals surface area (Å²) in [4.78, 5) is 22.8. The molecule has 0 aromatic heterocycles. The molecule has 148 valence electrons. The summed E-state index contributed by atoms with van der Waals surface area (Å²) in [6.07, 6.45) is -0.162. The summed E-state index contributed by atoms with van der Waals surface area (Å²) in [6, 6.07) is 11.9. The lowest BCUT2D eigenvalue weighted by Crippen LogP contribution is -2.40. The molecule has 2 aromatic carbocycles. The predicted molar refractivity (Wildman–Crippen MR) is 101 cm³/mol. The lowest BCUT2D eigenvalue weighted by Gasteiger charge is -2.26. The average Bonchev–Trinajstić information content (AvgIpc) is 2.69. The molecule has 1 saturated heterocycles. The molecule has 0 unspecified atom stereocenters. The number of nitrogens with one attached hydrogen (secondary N) is 1. The van der Waals surface area contributed by atoms with E-state index in [0.717, 1.165) is 0 Å². The molecule has 3 rings (SSSR count). The van der Waals surface area contributed by atoms with Crippen molar-refractivity contribution in [2.45, 2.75) is 11.3 Å². The topological polar surface area (TPSA) is 119 Å². The van der Waals surface area contributed by atoms with Gasteiger partial charge in [0.2, 0.25) is 15.9 Å². The maximum absolute atomic E-state index is 12.6. The van der Waals surface area contributed by atoms with E-state index in [2.05, 4.69) is 5.32 Å². The molecule has 1 amide bonds. The van der Waals surface area contributed by atoms with Crippen molar-refractivity contribution in [2.75, 3.05) is 31.6 Å². The van der Waals surface area contributed by atoms with Gasteiger partial charge in [-0.25, -0.2) is 8.42 Å². The molecule has 0 radical (unpaired) electrons. The Bertz CT molecular complexity index is 969. The minimum absolute atomic E-state index is 0.121. The molecule has 1 heterocycles. The summed E-state index contributed by atoms with van der Waals surface area (Å²) in [5, 5.41) is 13.7. The minimum atomic E-state index is -3.61. The average molecular weight is 405 g/mol. The summed E-state index contributed by atoms with van der Waals surface area (Å²) in [7, 11) is -3.61. The number of hydrogen-bond donors (Lipinski definition) is 1.